The molecule has 1 rings (SSSR count). The van der Waals surface area contributed by atoms with Crippen LogP contribution in [-0.2, 0) is 0 Å². The molecule has 0 aliphatic heterocycles. The van der Waals surface area contributed by atoms with E-state index in [1.807, 2.05) is 6.92 Å². The molecule has 0 bridgehead atoms. The van der Waals surface area contributed by atoms with Crippen molar-refractivity contribution in [3.05, 3.63) is 28.3 Å². The number of benzene rings is 1. The summed E-state index contributed by atoms with van der Waals surface area (Å²) >= 11 is 6.31. The predicted octanol–water partition coefficient (Wildman–Crippen LogP) is 3.76. The molecular weight excluding hydrogens is 234 g/mol. The summed E-state index contributed by atoms with van der Waals surface area (Å²) in [5.74, 6) is 1.27. The Hall–Kier alpha value is -0.730. The van der Waals surface area contributed by atoms with Crippen molar-refractivity contribution in [2.45, 2.75) is 33.6 Å². The predicted molar refractivity (Wildman–Crippen MR) is 74.3 cm³/mol. The molecule has 0 fully saturated rings. The fraction of sp³-hybridized carbons (Fsp3) is 0.571. The number of halogens is 1. The van der Waals surface area contributed by atoms with Gasteiger partial charge in [-0.1, -0.05) is 44.5 Å². The molecule has 0 spiro atoms. The van der Waals surface area contributed by atoms with Gasteiger partial charge in [0, 0.05) is 6.54 Å². The van der Waals surface area contributed by atoms with Crippen LogP contribution in [0.15, 0.2) is 12.1 Å². The number of aryl methyl sites for hydroxylation is 1. The van der Waals surface area contributed by atoms with Gasteiger partial charge in [-0.3, -0.25) is 0 Å². The molecule has 96 valence electrons. The van der Waals surface area contributed by atoms with Crippen LogP contribution in [0.3, 0.4) is 0 Å². The Morgan fingerprint density at radius 3 is 2.65 bits per heavy atom. The number of hydrogen-bond donors (Lipinski definition) is 1. The van der Waals surface area contributed by atoms with Crippen molar-refractivity contribution >= 4 is 11.6 Å². The fourth-order valence-corrected chi connectivity index (χ4v) is 1.90. The zero-order valence-corrected chi connectivity index (χ0v) is 11.9. The first-order chi connectivity index (χ1) is 8.07. The lowest BCUT2D eigenvalue weighted by molar-refractivity contribution is 0.311. The number of rotatable bonds is 6. The van der Waals surface area contributed by atoms with Crippen molar-refractivity contribution in [1.82, 2.24) is 5.32 Å². The summed E-state index contributed by atoms with van der Waals surface area (Å²) in [7, 11) is 0. The van der Waals surface area contributed by atoms with Crippen molar-refractivity contribution in [2.24, 2.45) is 0 Å². The molecule has 3 heteroatoms. The molecule has 2 nitrogen and oxygen atoms in total. The molecule has 0 atom stereocenters. The first kappa shape index (κ1) is 14.3. The minimum atomic E-state index is 0.419. The molecule has 0 aromatic heterocycles. The summed E-state index contributed by atoms with van der Waals surface area (Å²) in [5.41, 5.74) is 2.24. The van der Waals surface area contributed by atoms with Gasteiger partial charge in [0.05, 0.1) is 5.02 Å². The van der Waals surface area contributed by atoms with Crippen LogP contribution in [0.25, 0.3) is 0 Å². The molecule has 1 aromatic rings. The highest BCUT2D eigenvalue weighted by atomic mass is 35.5. The Morgan fingerprint density at radius 1 is 1.35 bits per heavy atom. The van der Waals surface area contributed by atoms with E-state index < -0.39 is 0 Å². The Balaban J connectivity index is 2.83. The van der Waals surface area contributed by atoms with Crippen LogP contribution in [0.4, 0.5) is 0 Å². The Labute approximate surface area is 109 Å². The van der Waals surface area contributed by atoms with Gasteiger partial charge in [-0.15, -0.1) is 0 Å². The van der Waals surface area contributed by atoms with Crippen LogP contribution in [-0.4, -0.2) is 19.7 Å². The summed E-state index contributed by atoms with van der Waals surface area (Å²) in [6.07, 6.45) is 0. The third-order valence-corrected chi connectivity index (χ3v) is 3.19. The van der Waals surface area contributed by atoms with E-state index in [1.165, 1.54) is 5.56 Å². The molecule has 0 saturated carbocycles. The van der Waals surface area contributed by atoms with E-state index >= 15 is 0 Å². The minimum Gasteiger partial charge on any atom is -0.490 e. The van der Waals surface area contributed by atoms with Gasteiger partial charge in [0.1, 0.15) is 12.4 Å². The molecule has 0 radical (unpaired) electrons. The smallest absolute Gasteiger partial charge is 0.141 e. The largest absolute Gasteiger partial charge is 0.490 e. The van der Waals surface area contributed by atoms with Gasteiger partial charge in [0.25, 0.3) is 0 Å². The summed E-state index contributed by atoms with van der Waals surface area (Å²) < 4.78 is 5.82. The quantitative estimate of drug-likeness (QED) is 0.782. The summed E-state index contributed by atoms with van der Waals surface area (Å²) in [6.45, 7) is 10.8. The minimum absolute atomic E-state index is 0.419. The van der Waals surface area contributed by atoms with Gasteiger partial charge in [-0.25, -0.2) is 0 Å². The van der Waals surface area contributed by atoms with E-state index in [0.29, 0.717) is 12.5 Å². The zero-order valence-electron chi connectivity index (χ0n) is 11.1. The summed E-state index contributed by atoms with van der Waals surface area (Å²) in [4.78, 5) is 0. The first-order valence-electron chi connectivity index (χ1n) is 6.20. The maximum absolute atomic E-state index is 6.31. The third kappa shape index (κ3) is 3.90. The van der Waals surface area contributed by atoms with E-state index in [0.717, 1.165) is 29.4 Å². The molecule has 0 saturated heterocycles. The molecule has 1 aromatic carbocycles. The number of ether oxygens (including phenoxy) is 1. The SMILES string of the molecule is CCNCCOc1c(C(C)C)ccc(C)c1Cl. The summed E-state index contributed by atoms with van der Waals surface area (Å²) in [5, 5.41) is 3.98. The molecular formula is C14H22ClNO. The molecule has 0 heterocycles. The van der Waals surface area contributed by atoms with Crippen LogP contribution < -0.4 is 10.1 Å². The summed E-state index contributed by atoms with van der Waals surface area (Å²) in [6, 6.07) is 4.16. The average molecular weight is 256 g/mol. The zero-order chi connectivity index (χ0) is 12.8. The second kappa shape index (κ2) is 6.87. The van der Waals surface area contributed by atoms with E-state index in [1.54, 1.807) is 0 Å². The number of likely N-dealkylation sites (N-methyl/N-ethyl adjacent to an activating group) is 1. The highest BCUT2D eigenvalue weighted by Crippen LogP contribution is 2.35. The fourth-order valence-electron chi connectivity index (χ4n) is 1.67. The van der Waals surface area contributed by atoms with Gasteiger partial charge in [-0.05, 0) is 30.5 Å². The maximum atomic E-state index is 6.31. The molecule has 0 unspecified atom stereocenters. The lowest BCUT2D eigenvalue weighted by atomic mass is 10.0. The van der Waals surface area contributed by atoms with Crippen LogP contribution >= 0.6 is 11.6 Å². The molecule has 0 aliphatic carbocycles. The van der Waals surface area contributed by atoms with Crippen molar-refractivity contribution in [3.63, 3.8) is 0 Å². The normalized spacial score (nSPS) is 10.9. The van der Waals surface area contributed by atoms with Gasteiger partial charge in [-0.2, -0.15) is 0 Å². The number of hydrogen-bond acceptors (Lipinski definition) is 2. The van der Waals surface area contributed by atoms with Gasteiger partial charge in [0.15, 0.2) is 0 Å². The standard InChI is InChI=1S/C14H22ClNO/c1-5-16-8-9-17-14-12(10(2)3)7-6-11(4)13(14)15/h6-7,10,16H,5,8-9H2,1-4H3. The van der Waals surface area contributed by atoms with E-state index in [9.17, 15) is 0 Å². The number of nitrogens with one attached hydrogen (secondary N) is 1. The second-order valence-corrected chi connectivity index (χ2v) is 4.85. The highest BCUT2D eigenvalue weighted by molar-refractivity contribution is 6.33. The lowest BCUT2D eigenvalue weighted by Gasteiger charge is -2.17. The second-order valence-electron chi connectivity index (χ2n) is 4.47. The van der Waals surface area contributed by atoms with E-state index in [4.69, 9.17) is 16.3 Å². The average Bonchev–Trinajstić information content (AvgIpc) is 2.29. The molecule has 1 N–H and O–H groups in total. The van der Waals surface area contributed by atoms with Crippen LogP contribution in [0.1, 0.15) is 37.8 Å². The highest BCUT2D eigenvalue weighted by Gasteiger charge is 2.13. The monoisotopic (exact) mass is 255 g/mol. The van der Waals surface area contributed by atoms with Crippen molar-refractivity contribution in [2.75, 3.05) is 19.7 Å². The van der Waals surface area contributed by atoms with Crippen molar-refractivity contribution in [3.8, 4) is 5.75 Å². The first-order valence-corrected chi connectivity index (χ1v) is 6.58. The van der Waals surface area contributed by atoms with E-state index in [-0.39, 0.29) is 0 Å². The topological polar surface area (TPSA) is 21.3 Å². The Bertz CT molecular complexity index is 363. The van der Waals surface area contributed by atoms with E-state index in [2.05, 4.69) is 38.2 Å². The van der Waals surface area contributed by atoms with Crippen LogP contribution in [0, 0.1) is 6.92 Å². The maximum Gasteiger partial charge on any atom is 0.141 e. The van der Waals surface area contributed by atoms with Gasteiger partial charge in [0.2, 0.25) is 0 Å². The third-order valence-electron chi connectivity index (χ3n) is 2.72. The molecule has 17 heavy (non-hydrogen) atoms. The van der Waals surface area contributed by atoms with Crippen LogP contribution in [0.2, 0.25) is 5.02 Å². The lowest BCUT2D eigenvalue weighted by Crippen LogP contribution is -2.20. The van der Waals surface area contributed by atoms with Crippen molar-refractivity contribution in [1.29, 1.82) is 0 Å². The van der Waals surface area contributed by atoms with Crippen molar-refractivity contribution < 1.29 is 4.74 Å². The molecule has 0 amide bonds. The Kier molecular flexibility index (Phi) is 5.79. The Morgan fingerprint density at radius 2 is 2.06 bits per heavy atom. The molecule has 0 aliphatic rings. The van der Waals surface area contributed by atoms with Gasteiger partial charge < -0.3 is 10.1 Å². The van der Waals surface area contributed by atoms with Gasteiger partial charge >= 0.3 is 0 Å². The van der Waals surface area contributed by atoms with Crippen LogP contribution in [0.5, 0.6) is 5.75 Å².